The van der Waals surface area contributed by atoms with E-state index < -0.39 is 4.92 Å². The molecule has 3 aromatic heterocycles. The predicted octanol–water partition coefficient (Wildman–Crippen LogP) is 5.86. The van der Waals surface area contributed by atoms with E-state index in [0.29, 0.717) is 5.69 Å². The first kappa shape index (κ1) is 20.6. The summed E-state index contributed by atoms with van der Waals surface area (Å²) < 4.78 is 0. The zero-order valence-electron chi connectivity index (χ0n) is 17.0. The van der Waals surface area contributed by atoms with Gasteiger partial charge < -0.3 is 5.32 Å². The predicted molar refractivity (Wildman–Crippen MR) is 127 cm³/mol. The number of nitrogens with one attached hydrogen (secondary N) is 1. The highest BCUT2D eigenvalue weighted by Gasteiger charge is 2.13. The molecule has 0 radical (unpaired) electrons. The largest absolute Gasteiger partial charge is 0.334 e. The lowest BCUT2D eigenvalue weighted by Gasteiger charge is -2.06. The first-order valence-electron chi connectivity index (χ1n) is 9.85. The Hall–Kier alpha value is -4.65. The summed E-state index contributed by atoms with van der Waals surface area (Å²) in [6.45, 7) is 0. The van der Waals surface area contributed by atoms with Crippen LogP contribution in [0.2, 0.25) is 0 Å². The molecule has 0 aliphatic rings. The summed E-state index contributed by atoms with van der Waals surface area (Å²) in [5.41, 5.74) is 4.59. The number of anilines is 2. The average molecular weight is 421 g/mol. The van der Waals surface area contributed by atoms with Gasteiger partial charge in [-0.25, -0.2) is 4.98 Å². The zero-order chi connectivity index (χ0) is 22.2. The average Bonchev–Trinajstić information content (AvgIpc) is 2.83. The maximum atomic E-state index is 11.2. The van der Waals surface area contributed by atoms with Gasteiger partial charge in [0, 0.05) is 42.7 Å². The van der Waals surface area contributed by atoms with E-state index in [4.69, 9.17) is 0 Å². The quantitative estimate of drug-likeness (QED) is 0.296. The first-order valence-corrected chi connectivity index (χ1v) is 9.85. The molecule has 3 heterocycles. The Bertz CT molecular complexity index is 1290. The summed E-state index contributed by atoms with van der Waals surface area (Å²) in [6, 6.07) is 16.4. The molecule has 0 aliphatic heterocycles. The molecule has 0 atom stereocenters. The Morgan fingerprint density at radius 3 is 2.22 bits per heavy atom. The minimum Gasteiger partial charge on any atom is -0.334 e. The smallest absolute Gasteiger partial charge is 0.311 e. The highest BCUT2D eigenvalue weighted by atomic mass is 16.6. The van der Waals surface area contributed by atoms with Gasteiger partial charge in [-0.05, 0) is 58.7 Å². The highest BCUT2D eigenvalue weighted by molar-refractivity contribution is 5.75. The number of hydrogen-bond acceptors (Lipinski definition) is 6. The first-order chi connectivity index (χ1) is 15.7. The van der Waals surface area contributed by atoms with E-state index in [1.165, 1.54) is 18.3 Å². The molecule has 0 saturated carbocycles. The van der Waals surface area contributed by atoms with Gasteiger partial charge in [0.25, 0.3) is 0 Å². The highest BCUT2D eigenvalue weighted by Crippen LogP contribution is 2.25. The van der Waals surface area contributed by atoms with E-state index >= 15 is 0 Å². The molecule has 156 valence electrons. The zero-order valence-corrected chi connectivity index (χ0v) is 17.0. The summed E-state index contributed by atoms with van der Waals surface area (Å²) in [5, 5.41) is 14.2. The Labute approximate surface area is 185 Å². The second kappa shape index (κ2) is 9.90. The van der Waals surface area contributed by atoms with Crippen molar-refractivity contribution in [2.45, 2.75) is 0 Å². The van der Waals surface area contributed by atoms with Gasteiger partial charge in [0.15, 0.2) is 0 Å². The Balaban J connectivity index is 1.49. The molecule has 7 nitrogen and oxygen atoms in total. The van der Waals surface area contributed by atoms with E-state index in [1.807, 2.05) is 66.8 Å². The normalized spacial score (nSPS) is 11.1. The second-order valence-electron chi connectivity index (χ2n) is 6.88. The molecule has 0 amide bonds. The van der Waals surface area contributed by atoms with Crippen LogP contribution in [0.4, 0.5) is 17.2 Å². The number of nitro groups is 1. The van der Waals surface area contributed by atoms with Crippen molar-refractivity contribution in [3.8, 4) is 0 Å². The SMILES string of the molecule is O=[N+]([O-])c1cccnc1Nc1cccc(C=Cc2cncc(C=Cc3ccncc3)c2)c1. The Kier molecular flexibility index (Phi) is 6.38. The van der Waals surface area contributed by atoms with Crippen LogP contribution in [-0.4, -0.2) is 19.9 Å². The van der Waals surface area contributed by atoms with E-state index in [1.54, 1.807) is 24.8 Å². The summed E-state index contributed by atoms with van der Waals surface area (Å²) in [7, 11) is 0. The Morgan fingerprint density at radius 1 is 0.750 bits per heavy atom. The van der Waals surface area contributed by atoms with E-state index in [-0.39, 0.29) is 11.5 Å². The third-order valence-electron chi connectivity index (χ3n) is 4.56. The van der Waals surface area contributed by atoms with Crippen molar-refractivity contribution in [3.63, 3.8) is 0 Å². The van der Waals surface area contributed by atoms with Crippen LogP contribution in [0, 0.1) is 10.1 Å². The van der Waals surface area contributed by atoms with Crippen molar-refractivity contribution >= 4 is 41.5 Å². The van der Waals surface area contributed by atoms with Crippen LogP contribution in [0.5, 0.6) is 0 Å². The molecule has 0 saturated heterocycles. The molecular weight excluding hydrogens is 402 g/mol. The van der Waals surface area contributed by atoms with Crippen molar-refractivity contribution < 1.29 is 4.92 Å². The minimum atomic E-state index is -0.456. The van der Waals surface area contributed by atoms with Crippen molar-refractivity contribution in [2.75, 3.05) is 5.32 Å². The van der Waals surface area contributed by atoms with Crippen LogP contribution in [0.25, 0.3) is 24.3 Å². The van der Waals surface area contributed by atoms with Gasteiger partial charge in [0.2, 0.25) is 5.82 Å². The minimum absolute atomic E-state index is 0.0730. The van der Waals surface area contributed by atoms with Crippen LogP contribution in [0.3, 0.4) is 0 Å². The summed E-state index contributed by atoms with van der Waals surface area (Å²) in [6.07, 6.45) is 16.6. The van der Waals surface area contributed by atoms with Gasteiger partial charge >= 0.3 is 5.69 Å². The maximum Gasteiger partial charge on any atom is 0.311 e. The fourth-order valence-corrected chi connectivity index (χ4v) is 3.02. The van der Waals surface area contributed by atoms with E-state index in [0.717, 1.165) is 22.3 Å². The number of pyridine rings is 3. The molecule has 1 N–H and O–H groups in total. The molecule has 7 heteroatoms. The van der Waals surface area contributed by atoms with Gasteiger partial charge in [-0.1, -0.05) is 36.4 Å². The van der Waals surface area contributed by atoms with Crippen molar-refractivity contribution in [2.24, 2.45) is 0 Å². The van der Waals surface area contributed by atoms with Gasteiger partial charge in [-0.3, -0.25) is 20.1 Å². The van der Waals surface area contributed by atoms with Crippen LogP contribution < -0.4 is 5.32 Å². The Morgan fingerprint density at radius 2 is 1.47 bits per heavy atom. The molecular formula is C25H19N5O2. The van der Waals surface area contributed by atoms with Crippen LogP contribution >= 0.6 is 0 Å². The fraction of sp³-hybridized carbons (Fsp3) is 0. The summed E-state index contributed by atoms with van der Waals surface area (Å²) >= 11 is 0. The number of hydrogen-bond donors (Lipinski definition) is 1. The third-order valence-corrected chi connectivity index (χ3v) is 4.56. The summed E-state index contributed by atoms with van der Waals surface area (Å²) in [4.78, 5) is 23.1. The number of aromatic nitrogens is 3. The van der Waals surface area contributed by atoms with Crippen LogP contribution in [0.15, 0.2) is 85.6 Å². The molecule has 0 bridgehead atoms. The lowest BCUT2D eigenvalue weighted by Crippen LogP contribution is -1.99. The van der Waals surface area contributed by atoms with Gasteiger partial charge in [-0.15, -0.1) is 0 Å². The molecule has 32 heavy (non-hydrogen) atoms. The molecule has 0 spiro atoms. The van der Waals surface area contributed by atoms with Crippen LogP contribution in [-0.2, 0) is 0 Å². The lowest BCUT2D eigenvalue weighted by atomic mass is 10.1. The monoisotopic (exact) mass is 421 g/mol. The van der Waals surface area contributed by atoms with Crippen molar-refractivity contribution in [1.29, 1.82) is 0 Å². The molecule has 0 aliphatic carbocycles. The van der Waals surface area contributed by atoms with Gasteiger partial charge in [-0.2, -0.15) is 0 Å². The molecule has 0 fully saturated rings. The molecule has 1 aromatic carbocycles. The maximum absolute atomic E-state index is 11.2. The number of benzene rings is 1. The number of nitrogens with zero attached hydrogens (tertiary/aromatic N) is 4. The van der Waals surface area contributed by atoms with Crippen molar-refractivity contribution in [1.82, 2.24) is 15.0 Å². The molecule has 0 unspecified atom stereocenters. The number of rotatable bonds is 7. The topological polar surface area (TPSA) is 93.8 Å². The van der Waals surface area contributed by atoms with Gasteiger partial charge in [0.1, 0.15) is 0 Å². The second-order valence-corrected chi connectivity index (χ2v) is 6.88. The molecule has 4 aromatic rings. The lowest BCUT2D eigenvalue weighted by molar-refractivity contribution is -0.384. The van der Waals surface area contributed by atoms with E-state index in [2.05, 4.69) is 20.3 Å². The fourth-order valence-electron chi connectivity index (χ4n) is 3.02. The van der Waals surface area contributed by atoms with Crippen molar-refractivity contribution in [3.05, 3.63) is 118 Å². The van der Waals surface area contributed by atoms with Gasteiger partial charge in [0.05, 0.1) is 4.92 Å². The third kappa shape index (κ3) is 5.48. The van der Waals surface area contributed by atoms with Crippen LogP contribution in [0.1, 0.15) is 22.3 Å². The van der Waals surface area contributed by atoms with E-state index in [9.17, 15) is 10.1 Å². The summed E-state index contributed by atoms with van der Waals surface area (Å²) in [5.74, 6) is 0.205. The molecule has 4 rings (SSSR count). The standard InChI is InChI=1S/C25H19N5O2/c31-30(32)24-5-2-12-28-25(24)29-23-4-1-3-20(16-23)7-9-22-15-21(17-27-18-22)8-6-19-10-13-26-14-11-19/h1-18H,(H,28,29).